The lowest BCUT2D eigenvalue weighted by Crippen LogP contribution is -2.62. The average Bonchev–Trinajstić information content (AvgIpc) is 2.29. The number of nitrogens with one attached hydrogen (secondary N) is 1. The minimum atomic E-state index is -2.67. The standard InChI is InChI=1S/C13H24F2N2O/c1-3-5-6-7-8-11(16-4-2)12(18)17-9-13(14,15)10-17/h11,16H,3-10H2,1-2H3. The van der Waals surface area contributed by atoms with Crippen LogP contribution < -0.4 is 5.32 Å². The highest BCUT2D eigenvalue weighted by Gasteiger charge is 2.47. The molecule has 1 unspecified atom stereocenters. The Labute approximate surface area is 108 Å². The highest BCUT2D eigenvalue weighted by molar-refractivity contribution is 5.82. The molecule has 0 radical (unpaired) electrons. The van der Waals surface area contributed by atoms with Crippen molar-refractivity contribution < 1.29 is 13.6 Å². The fourth-order valence-electron chi connectivity index (χ4n) is 2.22. The van der Waals surface area contributed by atoms with Gasteiger partial charge in [-0.05, 0) is 13.0 Å². The molecule has 0 aliphatic carbocycles. The summed E-state index contributed by atoms with van der Waals surface area (Å²) in [6.45, 7) is 3.92. The molecule has 1 saturated heterocycles. The van der Waals surface area contributed by atoms with Crippen LogP contribution >= 0.6 is 0 Å². The number of unbranched alkanes of at least 4 members (excludes halogenated alkanes) is 3. The molecular weight excluding hydrogens is 238 g/mol. The monoisotopic (exact) mass is 262 g/mol. The lowest BCUT2D eigenvalue weighted by atomic mass is 10.0. The van der Waals surface area contributed by atoms with Gasteiger partial charge in [-0.25, -0.2) is 8.78 Å². The first kappa shape index (κ1) is 15.3. The zero-order valence-corrected chi connectivity index (χ0v) is 11.3. The number of nitrogens with zero attached hydrogens (tertiary/aromatic N) is 1. The van der Waals surface area contributed by atoms with Gasteiger partial charge in [-0.3, -0.25) is 4.79 Å². The van der Waals surface area contributed by atoms with Gasteiger partial charge in [-0.1, -0.05) is 39.5 Å². The van der Waals surface area contributed by atoms with Crippen LogP contribution in [0.4, 0.5) is 8.78 Å². The maximum absolute atomic E-state index is 12.7. The number of hydrogen-bond donors (Lipinski definition) is 1. The van der Waals surface area contributed by atoms with E-state index in [1.165, 1.54) is 4.90 Å². The van der Waals surface area contributed by atoms with Crippen LogP contribution in [-0.2, 0) is 4.79 Å². The molecule has 1 atom stereocenters. The quantitative estimate of drug-likeness (QED) is 0.681. The largest absolute Gasteiger partial charge is 0.329 e. The number of alkyl halides is 2. The Bertz CT molecular complexity index is 264. The minimum absolute atomic E-state index is 0.167. The molecule has 0 aromatic rings. The molecule has 0 saturated carbocycles. The maximum atomic E-state index is 12.7. The summed E-state index contributed by atoms with van der Waals surface area (Å²) in [5, 5.41) is 3.10. The lowest BCUT2D eigenvalue weighted by Gasteiger charge is -2.40. The summed E-state index contributed by atoms with van der Waals surface area (Å²) in [7, 11) is 0. The molecule has 1 rings (SSSR count). The molecule has 1 amide bonds. The van der Waals surface area contributed by atoms with Crippen LogP contribution in [-0.4, -0.2) is 42.4 Å². The van der Waals surface area contributed by atoms with Crippen LogP contribution in [0.3, 0.4) is 0 Å². The molecule has 18 heavy (non-hydrogen) atoms. The first-order chi connectivity index (χ1) is 8.50. The first-order valence-corrected chi connectivity index (χ1v) is 6.90. The second-order valence-electron chi connectivity index (χ2n) is 5.01. The van der Waals surface area contributed by atoms with E-state index in [-0.39, 0.29) is 11.9 Å². The molecule has 0 bridgehead atoms. The Morgan fingerprint density at radius 2 is 1.94 bits per heavy atom. The number of likely N-dealkylation sites (tertiary alicyclic amines) is 1. The molecule has 1 aliphatic heterocycles. The zero-order valence-electron chi connectivity index (χ0n) is 11.3. The van der Waals surface area contributed by atoms with E-state index in [1.807, 2.05) is 6.92 Å². The summed E-state index contributed by atoms with van der Waals surface area (Å²) in [5.41, 5.74) is 0. The molecule has 0 spiro atoms. The average molecular weight is 262 g/mol. The Kier molecular flexibility index (Phi) is 5.99. The van der Waals surface area contributed by atoms with Gasteiger partial charge in [0.15, 0.2) is 0 Å². The van der Waals surface area contributed by atoms with Crippen LogP contribution in [0.15, 0.2) is 0 Å². The minimum Gasteiger partial charge on any atom is -0.329 e. The third-order valence-corrected chi connectivity index (χ3v) is 3.25. The predicted molar refractivity (Wildman–Crippen MR) is 67.8 cm³/mol. The van der Waals surface area contributed by atoms with Gasteiger partial charge in [0.05, 0.1) is 19.1 Å². The van der Waals surface area contributed by atoms with Crippen molar-refractivity contribution >= 4 is 5.91 Å². The van der Waals surface area contributed by atoms with E-state index < -0.39 is 19.0 Å². The van der Waals surface area contributed by atoms with E-state index in [4.69, 9.17) is 0 Å². The van der Waals surface area contributed by atoms with Gasteiger partial charge in [0.2, 0.25) is 5.91 Å². The van der Waals surface area contributed by atoms with Crippen molar-refractivity contribution in [2.75, 3.05) is 19.6 Å². The molecule has 106 valence electrons. The van der Waals surface area contributed by atoms with Crippen molar-refractivity contribution in [3.63, 3.8) is 0 Å². The number of likely N-dealkylation sites (N-methyl/N-ethyl adjacent to an activating group) is 1. The fraction of sp³-hybridized carbons (Fsp3) is 0.923. The highest BCUT2D eigenvalue weighted by Crippen LogP contribution is 2.27. The second-order valence-corrected chi connectivity index (χ2v) is 5.01. The number of carbonyl (C=O) groups excluding carboxylic acids is 1. The van der Waals surface area contributed by atoms with Gasteiger partial charge in [0.25, 0.3) is 5.92 Å². The van der Waals surface area contributed by atoms with E-state index >= 15 is 0 Å². The van der Waals surface area contributed by atoms with Crippen molar-refractivity contribution in [3.8, 4) is 0 Å². The van der Waals surface area contributed by atoms with Gasteiger partial charge in [-0.2, -0.15) is 0 Å². The number of amides is 1. The third-order valence-electron chi connectivity index (χ3n) is 3.25. The summed E-state index contributed by atoms with van der Waals surface area (Å²) >= 11 is 0. The van der Waals surface area contributed by atoms with Crippen molar-refractivity contribution in [2.45, 2.75) is 57.9 Å². The van der Waals surface area contributed by atoms with Gasteiger partial charge >= 0.3 is 0 Å². The Balaban J connectivity index is 2.34. The Morgan fingerprint density at radius 3 is 2.44 bits per heavy atom. The van der Waals surface area contributed by atoms with E-state index in [2.05, 4.69) is 12.2 Å². The lowest BCUT2D eigenvalue weighted by molar-refractivity contribution is -0.167. The van der Waals surface area contributed by atoms with E-state index in [9.17, 15) is 13.6 Å². The van der Waals surface area contributed by atoms with E-state index in [1.54, 1.807) is 0 Å². The molecule has 1 heterocycles. The summed E-state index contributed by atoms with van der Waals surface area (Å²) in [5.74, 6) is -2.84. The van der Waals surface area contributed by atoms with Crippen LogP contribution in [0.1, 0.15) is 46.0 Å². The van der Waals surface area contributed by atoms with Gasteiger partial charge in [0, 0.05) is 0 Å². The predicted octanol–water partition coefficient (Wildman–Crippen LogP) is 2.41. The molecule has 1 aliphatic rings. The van der Waals surface area contributed by atoms with Crippen LogP contribution in [0.25, 0.3) is 0 Å². The van der Waals surface area contributed by atoms with Crippen LogP contribution in [0.2, 0.25) is 0 Å². The molecule has 0 aromatic carbocycles. The topological polar surface area (TPSA) is 32.3 Å². The summed E-state index contributed by atoms with van der Waals surface area (Å²) < 4.78 is 25.5. The third kappa shape index (κ3) is 4.52. The first-order valence-electron chi connectivity index (χ1n) is 6.90. The number of hydrogen-bond acceptors (Lipinski definition) is 2. The van der Waals surface area contributed by atoms with E-state index in [0.717, 1.165) is 32.1 Å². The SMILES string of the molecule is CCCCCCC(NCC)C(=O)N1CC(F)(F)C1. The Morgan fingerprint density at radius 1 is 1.28 bits per heavy atom. The molecule has 1 N–H and O–H groups in total. The number of carbonyl (C=O) groups is 1. The summed E-state index contributed by atoms with van der Waals surface area (Å²) in [4.78, 5) is 13.3. The number of halogens is 2. The van der Waals surface area contributed by atoms with Crippen LogP contribution in [0, 0.1) is 0 Å². The second kappa shape index (κ2) is 7.02. The molecular formula is C13H24F2N2O. The van der Waals surface area contributed by atoms with E-state index in [0.29, 0.717) is 6.54 Å². The van der Waals surface area contributed by atoms with Crippen molar-refractivity contribution in [1.29, 1.82) is 0 Å². The maximum Gasteiger partial charge on any atom is 0.282 e. The van der Waals surface area contributed by atoms with Gasteiger partial charge < -0.3 is 10.2 Å². The summed E-state index contributed by atoms with van der Waals surface area (Å²) in [6.07, 6.45) is 5.13. The van der Waals surface area contributed by atoms with Crippen molar-refractivity contribution in [1.82, 2.24) is 10.2 Å². The smallest absolute Gasteiger partial charge is 0.282 e. The zero-order chi connectivity index (χ0) is 13.6. The normalized spacial score (nSPS) is 19.4. The molecule has 3 nitrogen and oxygen atoms in total. The fourth-order valence-corrected chi connectivity index (χ4v) is 2.22. The molecule has 5 heteroatoms. The Hall–Kier alpha value is -0.710. The summed E-state index contributed by atoms with van der Waals surface area (Å²) in [6, 6.07) is -0.289. The van der Waals surface area contributed by atoms with Crippen molar-refractivity contribution in [2.24, 2.45) is 0 Å². The highest BCUT2D eigenvalue weighted by atomic mass is 19.3. The number of rotatable bonds is 8. The molecule has 0 aromatic heterocycles. The molecule has 1 fully saturated rings. The van der Waals surface area contributed by atoms with Gasteiger partial charge in [0.1, 0.15) is 0 Å². The van der Waals surface area contributed by atoms with Gasteiger partial charge in [-0.15, -0.1) is 0 Å². The van der Waals surface area contributed by atoms with Crippen molar-refractivity contribution in [3.05, 3.63) is 0 Å². The van der Waals surface area contributed by atoms with Crippen LogP contribution in [0.5, 0.6) is 0 Å².